The molecule has 3 aliphatic carbocycles. The highest BCUT2D eigenvalue weighted by Crippen LogP contribution is 2.44. The standard InChI is InChI=1S/C28H51N3O4/c1-30(2)24-17-22(26-7-4-6-21(27(26)34-3)19-31-14-5-15-35-31)16-23(18-24)28(33)29-13-12-20-8-10-25(32)11-9-20/h20-27,32H,4-19H2,1-3H3,(H,29,33). The van der Waals surface area contributed by atoms with E-state index in [4.69, 9.17) is 9.57 Å². The van der Waals surface area contributed by atoms with Gasteiger partial charge in [-0.25, -0.2) is 0 Å². The molecular formula is C28H51N3O4. The van der Waals surface area contributed by atoms with Crippen LogP contribution in [-0.4, -0.2) is 86.7 Å². The molecule has 1 aliphatic heterocycles. The number of nitrogens with one attached hydrogen (secondary N) is 1. The predicted octanol–water partition coefficient (Wildman–Crippen LogP) is 3.46. The van der Waals surface area contributed by atoms with Gasteiger partial charge in [-0.3, -0.25) is 9.63 Å². The van der Waals surface area contributed by atoms with E-state index >= 15 is 0 Å². The van der Waals surface area contributed by atoms with E-state index in [9.17, 15) is 9.90 Å². The number of aliphatic hydroxyl groups is 1. The van der Waals surface area contributed by atoms with Crippen LogP contribution in [0.15, 0.2) is 0 Å². The van der Waals surface area contributed by atoms with Gasteiger partial charge in [-0.15, -0.1) is 0 Å². The van der Waals surface area contributed by atoms with Gasteiger partial charge < -0.3 is 20.1 Å². The number of hydrogen-bond donors (Lipinski definition) is 2. The van der Waals surface area contributed by atoms with Gasteiger partial charge in [-0.05, 0) is 102 Å². The summed E-state index contributed by atoms with van der Waals surface area (Å²) in [5, 5.41) is 15.2. The second-order valence-electron chi connectivity index (χ2n) is 12.2. The monoisotopic (exact) mass is 493 g/mol. The zero-order valence-electron chi connectivity index (χ0n) is 22.5. The van der Waals surface area contributed by atoms with Crippen LogP contribution in [0.1, 0.15) is 77.0 Å². The van der Waals surface area contributed by atoms with Crippen LogP contribution in [0.2, 0.25) is 0 Å². The van der Waals surface area contributed by atoms with Gasteiger partial charge in [-0.1, -0.05) is 6.42 Å². The van der Waals surface area contributed by atoms with Crippen LogP contribution >= 0.6 is 0 Å². The molecule has 4 rings (SSSR count). The highest BCUT2D eigenvalue weighted by molar-refractivity contribution is 5.78. The first-order valence-electron chi connectivity index (χ1n) is 14.5. The first kappa shape index (κ1) is 27.3. The molecule has 1 amide bonds. The Balaban J connectivity index is 1.34. The van der Waals surface area contributed by atoms with Crippen LogP contribution in [0.3, 0.4) is 0 Å². The third-order valence-corrected chi connectivity index (χ3v) is 9.63. The second-order valence-corrected chi connectivity index (χ2v) is 12.2. The summed E-state index contributed by atoms with van der Waals surface area (Å²) < 4.78 is 6.20. The molecular weight excluding hydrogens is 442 g/mol. The molecule has 4 aliphatic rings. The third kappa shape index (κ3) is 7.41. The number of nitrogens with zero attached hydrogens (tertiary/aromatic N) is 2. The number of rotatable bonds is 9. The van der Waals surface area contributed by atoms with Gasteiger partial charge in [0.25, 0.3) is 0 Å². The van der Waals surface area contributed by atoms with E-state index in [-0.39, 0.29) is 24.0 Å². The van der Waals surface area contributed by atoms with Crippen molar-refractivity contribution in [2.45, 2.75) is 95.3 Å². The van der Waals surface area contributed by atoms with Gasteiger partial charge in [0.15, 0.2) is 0 Å². The zero-order chi connectivity index (χ0) is 24.8. The predicted molar refractivity (Wildman–Crippen MR) is 138 cm³/mol. The number of methoxy groups -OCH3 is 1. The number of amides is 1. The fraction of sp³-hybridized carbons (Fsp3) is 0.964. The molecule has 6 atom stereocenters. The van der Waals surface area contributed by atoms with E-state index < -0.39 is 0 Å². The van der Waals surface area contributed by atoms with E-state index in [1.807, 2.05) is 7.11 Å². The lowest BCUT2D eigenvalue weighted by Crippen LogP contribution is -2.49. The van der Waals surface area contributed by atoms with Crippen molar-refractivity contribution in [2.24, 2.45) is 29.6 Å². The van der Waals surface area contributed by atoms with Crippen molar-refractivity contribution >= 4 is 5.91 Å². The minimum absolute atomic E-state index is 0.0918. The number of carbonyl (C=O) groups excluding carboxylic acids is 1. The van der Waals surface area contributed by atoms with E-state index in [0.29, 0.717) is 29.7 Å². The lowest BCUT2D eigenvalue weighted by Gasteiger charge is -2.46. The molecule has 0 aromatic carbocycles. The van der Waals surface area contributed by atoms with E-state index in [2.05, 4.69) is 29.4 Å². The number of carbonyl (C=O) groups is 1. The van der Waals surface area contributed by atoms with Crippen LogP contribution < -0.4 is 5.32 Å². The highest BCUT2D eigenvalue weighted by atomic mass is 16.7. The molecule has 0 radical (unpaired) electrons. The number of aliphatic hydroxyl groups excluding tert-OH is 1. The largest absolute Gasteiger partial charge is 0.393 e. The minimum Gasteiger partial charge on any atom is -0.393 e. The van der Waals surface area contributed by atoms with Crippen molar-refractivity contribution in [1.29, 1.82) is 0 Å². The maximum absolute atomic E-state index is 13.3. The van der Waals surface area contributed by atoms with E-state index in [0.717, 1.165) is 77.6 Å². The van der Waals surface area contributed by atoms with Gasteiger partial charge in [0.1, 0.15) is 0 Å². The Bertz CT molecular complexity index is 648. The van der Waals surface area contributed by atoms with Crippen molar-refractivity contribution in [3.05, 3.63) is 0 Å². The number of hydrogen-bond acceptors (Lipinski definition) is 6. The molecule has 0 aromatic rings. The lowest BCUT2D eigenvalue weighted by atomic mass is 9.65. The van der Waals surface area contributed by atoms with Crippen LogP contribution in [0.4, 0.5) is 0 Å². The van der Waals surface area contributed by atoms with Gasteiger partial charge >= 0.3 is 0 Å². The second kappa shape index (κ2) is 13.2. The van der Waals surface area contributed by atoms with E-state index in [1.165, 1.54) is 25.7 Å². The summed E-state index contributed by atoms with van der Waals surface area (Å²) in [5.74, 6) is 2.55. The quantitative estimate of drug-likeness (QED) is 0.513. The average molecular weight is 494 g/mol. The molecule has 4 fully saturated rings. The highest BCUT2D eigenvalue weighted by Gasteiger charge is 2.43. The summed E-state index contributed by atoms with van der Waals surface area (Å²) in [5.41, 5.74) is 0. The summed E-state index contributed by atoms with van der Waals surface area (Å²) in [4.78, 5) is 21.5. The van der Waals surface area contributed by atoms with Gasteiger partial charge in [0.2, 0.25) is 5.91 Å². The number of hydroxylamine groups is 2. The summed E-state index contributed by atoms with van der Waals surface area (Å²) in [6, 6.07) is 0.448. The fourth-order valence-electron chi connectivity index (χ4n) is 7.56. The minimum atomic E-state index is -0.110. The molecule has 202 valence electrons. The molecule has 1 saturated heterocycles. The maximum Gasteiger partial charge on any atom is 0.223 e. The summed E-state index contributed by atoms with van der Waals surface area (Å²) in [7, 11) is 6.23. The van der Waals surface area contributed by atoms with Gasteiger partial charge in [0, 0.05) is 44.6 Å². The molecule has 7 nitrogen and oxygen atoms in total. The fourth-order valence-corrected chi connectivity index (χ4v) is 7.56. The molecule has 0 aromatic heterocycles. The van der Waals surface area contributed by atoms with Crippen LogP contribution in [-0.2, 0) is 14.4 Å². The Morgan fingerprint density at radius 2 is 1.89 bits per heavy atom. The molecule has 0 bridgehead atoms. The Morgan fingerprint density at radius 1 is 1.09 bits per heavy atom. The normalized spacial score (nSPS) is 39.1. The van der Waals surface area contributed by atoms with Gasteiger partial charge in [0.05, 0.1) is 18.8 Å². The Kier molecular flexibility index (Phi) is 10.3. The summed E-state index contributed by atoms with van der Waals surface area (Å²) in [6.07, 6.45) is 13.1. The summed E-state index contributed by atoms with van der Waals surface area (Å²) in [6.45, 7) is 3.63. The van der Waals surface area contributed by atoms with Gasteiger partial charge in [-0.2, -0.15) is 5.06 Å². The maximum atomic E-state index is 13.3. The average Bonchev–Trinajstić information content (AvgIpc) is 3.38. The number of ether oxygens (including phenoxy) is 1. The molecule has 1 heterocycles. The van der Waals surface area contributed by atoms with Crippen LogP contribution in [0, 0.1) is 29.6 Å². The Hall–Kier alpha value is -0.730. The Labute approximate surface area is 213 Å². The molecule has 6 unspecified atom stereocenters. The third-order valence-electron chi connectivity index (χ3n) is 9.63. The SMILES string of the molecule is COC1C(CN2CCCO2)CCCC1C1CC(C(=O)NCCC2CCC(O)CC2)CC(N(C)C)C1. The summed E-state index contributed by atoms with van der Waals surface area (Å²) >= 11 is 0. The lowest BCUT2D eigenvalue weighted by molar-refractivity contribution is -0.145. The van der Waals surface area contributed by atoms with Crippen LogP contribution in [0.25, 0.3) is 0 Å². The zero-order valence-corrected chi connectivity index (χ0v) is 22.5. The molecule has 3 saturated carbocycles. The Morgan fingerprint density at radius 3 is 2.57 bits per heavy atom. The van der Waals surface area contributed by atoms with Crippen molar-refractivity contribution in [1.82, 2.24) is 15.3 Å². The topological polar surface area (TPSA) is 74.3 Å². The molecule has 0 spiro atoms. The van der Waals surface area contributed by atoms with Crippen molar-refractivity contribution in [3.8, 4) is 0 Å². The van der Waals surface area contributed by atoms with Crippen molar-refractivity contribution in [3.63, 3.8) is 0 Å². The van der Waals surface area contributed by atoms with Crippen molar-refractivity contribution < 1.29 is 19.5 Å². The molecule has 35 heavy (non-hydrogen) atoms. The first-order chi connectivity index (χ1) is 16.9. The smallest absolute Gasteiger partial charge is 0.223 e. The van der Waals surface area contributed by atoms with E-state index in [1.54, 1.807) is 0 Å². The van der Waals surface area contributed by atoms with Crippen molar-refractivity contribution in [2.75, 3.05) is 47.4 Å². The molecule has 2 N–H and O–H groups in total. The molecule has 7 heteroatoms. The first-order valence-corrected chi connectivity index (χ1v) is 14.5. The van der Waals surface area contributed by atoms with Crippen LogP contribution in [0.5, 0.6) is 0 Å².